The molecule has 0 spiro atoms. The number of thiophene rings is 1. The fourth-order valence-corrected chi connectivity index (χ4v) is 4.11. The molecule has 8 heteroatoms. The van der Waals surface area contributed by atoms with Crippen LogP contribution in [0.2, 0.25) is 0 Å². The highest BCUT2D eigenvalue weighted by Crippen LogP contribution is 2.30. The van der Waals surface area contributed by atoms with E-state index in [0.29, 0.717) is 28.0 Å². The van der Waals surface area contributed by atoms with Gasteiger partial charge in [-0.05, 0) is 35.4 Å². The molecule has 156 valence electrons. The monoisotopic (exact) mass is 435 g/mol. The lowest BCUT2D eigenvalue weighted by molar-refractivity contribution is 0.0915. The van der Waals surface area contributed by atoms with Crippen LogP contribution < -0.4 is 10.3 Å². The molecule has 0 amide bonds. The van der Waals surface area contributed by atoms with Gasteiger partial charge in [0.05, 0.1) is 30.7 Å². The van der Waals surface area contributed by atoms with E-state index < -0.39 is 6.10 Å². The van der Waals surface area contributed by atoms with Gasteiger partial charge in [-0.25, -0.2) is 9.37 Å². The van der Waals surface area contributed by atoms with Gasteiger partial charge in [-0.15, -0.1) is 11.3 Å². The summed E-state index contributed by atoms with van der Waals surface area (Å²) < 4.78 is 20.2. The van der Waals surface area contributed by atoms with Gasteiger partial charge in [-0.1, -0.05) is 24.3 Å². The summed E-state index contributed by atoms with van der Waals surface area (Å²) in [5.41, 5.74) is 2.03. The lowest BCUT2D eigenvalue weighted by Crippen LogP contribution is -2.30. The number of nitrogens with zero attached hydrogens (tertiary/aromatic N) is 3. The quantitative estimate of drug-likeness (QED) is 0.477. The third kappa shape index (κ3) is 4.63. The highest BCUT2D eigenvalue weighted by atomic mass is 32.1. The molecule has 6 nitrogen and oxygen atoms in total. The first-order chi connectivity index (χ1) is 15.0. The highest BCUT2D eigenvalue weighted by Gasteiger charge is 2.15. The molecule has 0 aliphatic rings. The molecule has 0 saturated carbocycles. The molecule has 0 bridgehead atoms. The van der Waals surface area contributed by atoms with Gasteiger partial charge in [0, 0.05) is 10.9 Å². The van der Waals surface area contributed by atoms with Crippen molar-refractivity contribution in [3.8, 4) is 22.9 Å². The first-order valence-corrected chi connectivity index (χ1v) is 10.4. The summed E-state index contributed by atoms with van der Waals surface area (Å²) in [4.78, 5) is 18.0. The summed E-state index contributed by atoms with van der Waals surface area (Å²) in [5, 5.41) is 21.4. The van der Waals surface area contributed by atoms with Crippen LogP contribution in [-0.4, -0.2) is 27.4 Å². The zero-order valence-corrected chi connectivity index (χ0v) is 17.2. The number of aromatic nitrogens is 2. The van der Waals surface area contributed by atoms with Gasteiger partial charge in [0.2, 0.25) is 0 Å². The molecule has 0 unspecified atom stereocenters. The van der Waals surface area contributed by atoms with E-state index in [4.69, 9.17) is 10.00 Å². The van der Waals surface area contributed by atoms with E-state index in [1.54, 1.807) is 36.4 Å². The van der Waals surface area contributed by atoms with Crippen molar-refractivity contribution in [2.24, 2.45) is 0 Å². The molecule has 0 aliphatic heterocycles. The minimum absolute atomic E-state index is 0.00344. The van der Waals surface area contributed by atoms with Crippen LogP contribution in [0.25, 0.3) is 21.3 Å². The third-order valence-corrected chi connectivity index (χ3v) is 5.66. The number of aliphatic hydroxyl groups excluding tert-OH is 1. The Kier molecular flexibility index (Phi) is 6.07. The van der Waals surface area contributed by atoms with Gasteiger partial charge in [-0.3, -0.25) is 9.36 Å². The number of ether oxygens (including phenoxy) is 1. The Morgan fingerprint density at radius 2 is 1.94 bits per heavy atom. The predicted molar refractivity (Wildman–Crippen MR) is 117 cm³/mol. The predicted octanol–water partition coefficient (Wildman–Crippen LogP) is 3.77. The summed E-state index contributed by atoms with van der Waals surface area (Å²) in [6, 6.07) is 15.1. The number of aliphatic hydroxyl groups is 1. The summed E-state index contributed by atoms with van der Waals surface area (Å²) in [6.07, 6.45) is 0.808. The second-order valence-electron chi connectivity index (χ2n) is 6.98. The average molecular weight is 435 g/mol. The van der Waals surface area contributed by atoms with E-state index in [2.05, 4.69) is 11.1 Å². The van der Waals surface area contributed by atoms with Gasteiger partial charge < -0.3 is 9.84 Å². The van der Waals surface area contributed by atoms with E-state index in [9.17, 15) is 14.3 Å². The number of benzene rings is 2. The minimum Gasteiger partial charge on any atom is -0.491 e. The molecule has 0 radical (unpaired) electrons. The molecule has 0 saturated heterocycles. The molecule has 2 aromatic carbocycles. The van der Waals surface area contributed by atoms with E-state index >= 15 is 0 Å². The molecule has 0 aliphatic carbocycles. The van der Waals surface area contributed by atoms with Gasteiger partial charge in [0.25, 0.3) is 5.56 Å². The maximum absolute atomic E-state index is 13.3. The van der Waals surface area contributed by atoms with Crippen LogP contribution >= 0.6 is 11.3 Å². The Balaban J connectivity index is 1.50. The van der Waals surface area contributed by atoms with Crippen molar-refractivity contribution in [3.05, 3.63) is 82.0 Å². The maximum Gasteiger partial charge on any atom is 0.262 e. The van der Waals surface area contributed by atoms with Crippen molar-refractivity contribution in [2.45, 2.75) is 19.1 Å². The molecule has 0 fully saturated rings. The summed E-state index contributed by atoms with van der Waals surface area (Å²) in [5.74, 6) is 0.222. The van der Waals surface area contributed by atoms with Crippen LogP contribution in [0.15, 0.2) is 65.0 Å². The van der Waals surface area contributed by atoms with Crippen LogP contribution in [0.3, 0.4) is 0 Å². The van der Waals surface area contributed by atoms with E-state index in [1.165, 1.54) is 34.4 Å². The molecule has 4 aromatic rings. The molecular formula is C23H18FN3O3S. The van der Waals surface area contributed by atoms with Crippen molar-refractivity contribution in [1.29, 1.82) is 5.26 Å². The Morgan fingerprint density at radius 3 is 2.65 bits per heavy atom. The molecule has 1 N–H and O–H groups in total. The maximum atomic E-state index is 13.3. The first kappa shape index (κ1) is 20.7. The zero-order valence-electron chi connectivity index (χ0n) is 16.4. The fraction of sp³-hybridized carbons (Fsp3) is 0.174. The molecule has 2 aromatic heterocycles. The largest absolute Gasteiger partial charge is 0.491 e. The van der Waals surface area contributed by atoms with Crippen LogP contribution in [0.5, 0.6) is 5.75 Å². The van der Waals surface area contributed by atoms with E-state index in [-0.39, 0.29) is 24.5 Å². The van der Waals surface area contributed by atoms with Crippen LogP contribution in [0.4, 0.5) is 4.39 Å². The Morgan fingerprint density at radius 1 is 1.19 bits per heavy atom. The van der Waals surface area contributed by atoms with Crippen LogP contribution in [0, 0.1) is 17.1 Å². The summed E-state index contributed by atoms with van der Waals surface area (Å²) >= 11 is 1.34. The summed E-state index contributed by atoms with van der Waals surface area (Å²) in [6.45, 7) is 0.0174. The zero-order chi connectivity index (χ0) is 21.8. The van der Waals surface area contributed by atoms with Gasteiger partial charge in [0.1, 0.15) is 29.1 Å². The first-order valence-electron chi connectivity index (χ1n) is 9.54. The van der Waals surface area contributed by atoms with Crippen LogP contribution in [0.1, 0.15) is 5.56 Å². The van der Waals surface area contributed by atoms with Crippen molar-refractivity contribution >= 4 is 21.6 Å². The lowest BCUT2D eigenvalue weighted by atomic mass is 10.1. The Labute approximate surface area is 181 Å². The highest BCUT2D eigenvalue weighted by molar-refractivity contribution is 7.17. The van der Waals surface area contributed by atoms with E-state index in [0.717, 1.165) is 11.1 Å². The van der Waals surface area contributed by atoms with Crippen molar-refractivity contribution in [1.82, 2.24) is 9.55 Å². The molecule has 1 atom stereocenters. The summed E-state index contributed by atoms with van der Waals surface area (Å²) in [7, 11) is 0. The van der Waals surface area contributed by atoms with Crippen LogP contribution in [-0.2, 0) is 13.0 Å². The van der Waals surface area contributed by atoms with Gasteiger partial charge in [-0.2, -0.15) is 5.26 Å². The van der Waals surface area contributed by atoms with Crippen molar-refractivity contribution < 1.29 is 14.2 Å². The number of hydrogen-bond donors (Lipinski definition) is 1. The SMILES string of the molecule is N#CCc1ccc(OC[C@H](O)Cn2cnc3scc(-c4ccc(F)cc4)c3c2=O)cc1. The van der Waals surface area contributed by atoms with E-state index in [1.807, 2.05) is 5.38 Å². The molecular weight excluding hydrogens is 417 g/mol. The smallest absolute Gasteiger partial charge is 0.262 e. The fourth-order valence-electron chi connectivity index (χ4n) is 3.21. The number of hydrogen-bond acceptors (Lipinski definition) is 6. The molecule has 2 heterocycles. The third-order valence-electron chi connectivity index (χ3n) is 4.77. The Bertz CT molecular complexity index is 1290. The number of nitriles is 1. The topological polar surface area (TPSA) is 88.1 Å². The standard InChI is InChI=1S/C23H18FN3O3S/c24-17-5-3-16(4-6-17)20-13-31-22-21(20)23(29)27(14-26-22)11-18(28)12-30-19-7-1-15(2-8-19)9-10-25/h1-8,13-14,18,28H,9,11-12H2/t18-/m1/s1. The Hall–Kier alpha value is -3.54. The molecule has 4 rings (SSSR count). The number of halogens is 1. The molecule has 31 heavy (non-hydrogen) atoms. The average Bonchev–Trinajstić information content (AvgIpc) is 3.21. The van der Waals surface area contributed by atoms with Gasteiger partial charge >= 0.3 is 0 Å². The minimum atomic E-state index is -0.927. The number of rotatable bonds is 7. The lowest BCUT2D eigenvalue weighted by Gasteiger charge is -2.14. The normalized spacial score (nSPS) is 11.9. The second kappa shape index (κ2) is 9.08. The van der Waals surface area contributed by atoms with Crippen molar-refractivity contribution in [3.63, 3.8) is 0 Å². The second-order valence-corrected chi connectivity index (χ2v) is 7.84. The van der Waals surface area contributed by atoms with Crippen molar-refractivity contribution in [2.75, 3.05) is 6.61 Å². The van der Waals surface area contributed by atoms with Gasteiger partial charge in [0.15, 0.2) is 0 Å². The number of fused-ring (bicyclic) bond motifs is 1.